The lowest BCUT2D eigenvalue weighted by atomic mass is 10.1. The molecule has 2 aliphatic heterocycles. The van der Waals surface area contributed by atoms with Gasteiger partial charge in [-0.2, -0.15) is 0 Å². The van der Waals surface area contributed by atoms with Crippen molar-refractivity contribution in [3.05, 3.63) is 29.8 Å². The summed E-state index contributed by atoms with van der Waals surface area (Å²) >= 11 is 0. The fourth-order valence-electron chi connectivity index (χ4n) is 3.44. The van der Waals surface area contributed by atoms with Gasteiger partial charge in [0, 0.05) is 26.2 Å². The van der Waals surface area contributed by atoms with Crippen LogP contribution in [0.15, 0.2) is 24.3 Å². The van der Waals surface area contributed by atoms with Crippen LogP contribution in [0.5, 0.6) is 0 Å². The average molecular weight is 315 g/mol. The third-order valence-corrected chi connectivity index (χ3v) is 5.02. The highest BCUT2D eigenvalue weighted by molar-refractivity contribution is 6.22. The molecule has 0 spiro atoms. The Morgan fingerprint density at radius 1 is 1.00 bits per heavy atom. The van der Waals surface area contributed by atoms with Crippen LogP contribution in [0.2, 0.25) is 0 Å². The van der Waals surface area contributed by atoms with E-state index in [-0.39, 0.29) is 17.9 Å². The second kappa shape index (κ2) is 6.81. The van der Waals surface area contributed by atoms with Crippen molar-refractivity contribution < 1.29 is 9.59 Å². The van der Waals surface area contributed by atoms with E-state index in [1.807, 2.05) is 24.3 Å². The minimum Gasteiger partial charge on any atom is -0.301 e. The topological polar surface area (TPSA) is 43.9 Å². The molecule has 1 atom stereocenters. The summed E-state index contributed by atoms with van der Waals surface area (Å²) in [6.45, 7) is 8.95. The smallest absolute Gasteiger partial charge is 0.251 e. The molecule has 5 heteroatoms. The monoisotopic (exact) mass is 315 g/mol. The van der Waals surface area contributed by atoms with Crippen LogP contribution < -0.4 is 4.90 Å². The van der Waals surface area contributed by atoms with Crippen molar-refractivity contribution in [3.8, 4) is 0 Å². The molecule has 2 amide bonds. The number of likely N-dealkylation sites (N-methyl/N-ethyl adjacent to an activating group) is 1. The number of rotatable bonds is 4. The van der Waals surface area contributed by atoms with Gasteiger partial charge in [-0.15, -0.1) is 0 Å². The highest BCUT2D eigenvalue weighted by Gasteiger charge is 2.43. The number of amides is 2. The summed E-state index contributed by atoms with van der Waals surface area (Å²) in [6, 6.07) is 7.46. The molecule has 0 aliphatic carbocycles. The van der Waals surface area contributed by atoms with Gasteiger partial charge in [0.15, 0.2) is 0 Å². The SMILES string of the molecule is CCc1ccc(N2C(=O)C[C@H](N3CCN(CC)CC3)C2=O)cc1. The zero-order valence-electron chi connectivity index (χ0n) is 14.0. The molecule has 2 aliphatic rings. The molecule has 0 unspecified atom stereocenters. The molecule has 2 heterocycles. The minimum atomic E-state index is -0.285. The normalized spacial score (nSPS) is 23.7. The molecule has 2 saturated heterocycles. The van der Waals surface area contributed by atoms with E-state index in [1.54, 1.807) is 0 Å². The van der Waals surface area contributed by atoms with Crippen LogP contribution in [0.3, 0.4) is 0 Å². The lowest BCUT2D eigenvalue weighted by Crippen LogP contribution is -2.52. The molecule has 3 rings (SSSR count). The van der Waals surface area contributed by atoms with Gasteiger partial charge in [-0.05, 0) is 30.7 Å². The average Bonchev–Trinajstić information content (AvgIpc) is 2.89. The van der Waals surface area contributed by atoms with E-state index in [2.05, 4.69) is 23.6 Å². The van der Waals surface area contributed by atoms with Gasteiger partial charge in [-0.25, -0.2) is 4.90 Å². The predicted molar refractivity (Wildman–Crippen MR) is 90.4 cm³/mol. The molecule has 23 heavy (non-hydrogen) atoms. The van der Waals surface area contributed by atoms with E-state index >= 15 is 0 Å². The zero-order chi connectivity index (χ0) is 16.4. The van der Waals surface area contributed by atoms with Crippen molar-refractivity contribution in [1.82, 2.24) is 9.80 Å². The van der Waals surface area contributed by atoms with Crippen LogP contribution in [0.25, 0.3) is 0 Å². The summed E-state index contributed by atoms with van der Waals surface area (Å²) in [6.07, 6.45) is 1.26. The Morgan fingerprint density at radius 2 is 1.65 bits per heavy atom. The first kappa shape index (κ1) is 16.1. The Bertz CT molecular complexity index is 576. The Morgan fingerprint density at radius 3 is 2.22 bits per heavy atom. The maximum Gasteiger partial charge on any atom is 0.251 e. The fraction of sp³-hybridized carbons (Fsp3) is 0.556. The Labute approximate surface area is 137 Å². The zero-order valence-corrected chi connectivity index (χ0v) is 14.0. The molecule has 0 aromatic heterocycles. The second-order valence-electron chi connectivity index (χ2n) is 6.28. The van der Waals surface area contributed by atoms with Crippen LogP contribution in [-0.4, -0.2) is 60.4 Å². The van der Waals surface area contributed by atoms with E-state index in [0.29, 0.717) is 12.1 Å². The highest BCUT2D eigenvalue weighted by atomic mass is 16.2. The van der Waals surface area contributed by atoms with Crippen molar-refractivity contribution >= 4 is 17.5 Å². The summed E-state index contributed by atoms with van der Waals surface area (Å²) in [4.78, 5) is 31.1. The third-order valence-electron chi connectivity index (χ3n) is 5.02. The maximum absolute atomic E-state index is 12.8. The molecule has 2 fully saturated rings. The molecule has 5 nitrogen and oxygen atoms in total. The van der Waals surface area contributed by atoms with Crippen LogP contribution in [0.4, 0.5) is 5.69 Å². The molecular formula is C18H25N3O2. The summed E-state index contributed by atoms with van der Waals surface area (Å²) in [5.74, 6) is -0.147. The molecule has 124 valence electrons. The van der Waals surface area contributed by atoms with E-state index < -0.39 is 0 Å². The second-order valence-corrected chi connectivity index (χ2v) is 6.28. The van der Waals surface area contributed by atoms with Gasteiger partial charge >= 0.3 is 0 Å². The maximum atomic E-state index is 12.8. The lowest BCUT2D eigenvalue weighted by molar-refractivity contribution is -0.123. The Balaban J connectivity index is 1.72. The van der Waals surface area contributed by atoms with Gasteiger partial charge in [0.25, 0.3) is 5.91 Å². The molecule has 0 radical (unpaired) electrons. The van der Waals surface area contributed by atoms with Crippen molar-refractivity contribution in [2.24, 2.45) is 0 Å². The van der Waals surface area contributed by atoms with Crippen LogP contribution in [0.1, 0.15) is 25.8 Å². The number of benzene rings is 1. The number of anilines is 1. The number of imide groups is 1. The molecule has 0 N–H and O–H groups in total. The molecule has 1 aromatic carbocycles. The lowest BCUT2D eigenvalue weighted by Gasteiger charge is -2.36. The van der Waals surface area contributed by atoms with Crippen molar-refractivity contribution in [3.63, 3.8) is 0 Å². The van der Waals surface area contributed by atoms with Crippen LogP contribution in [-0.2, 0) is 16.0 Å². The predicted octanol–water partition coefficient (Wildman–Crippen LogP) is 1.52. The number of nitrogens with zero attached hydrogens (tertiary/aromatic N) is 3. The van der Waals surface area contributed by atoms with Gasteiger partial charge in [0.2, 0.25) is 5.91 Å². The van der Waals surface area contributed by atoms with Gasteiger partial charge in [0.05, 0.1) is 18.2 Å². The summed E-state index contributed by atoms with van der Waals surface area (Å²) in [7, 11) is 0. The van der Waals surface area contributed by atoms with Crippen molar-refractivity contribution in [2.75, 3.05) is 37.6 Å². The molecule has 0 bridgehead atoms. The van der Waals surface area contributed by atoms with Crippen LogP contribution >= 0.6 is 0 Å². The Kier molecular flexibility index (Phi) is 4.78. The first-order valence-electron chi connectivity index (χ1n) is 8.56. The van der Waals surface area contributed by atoms with E-state index in [0.717, 1.165) is 39.1 Å². The molecule has 1 aromatic rings. The van der Waals surface area contributed by atoms with E-state index in [9.17, 15) is 9.59 Å². The number of hydrogen-bond donors (Lipinski definition) is 0. The summed E-state index contributed by atoms with van der Waals surface area (Å²) < 4.78 is 0. The highest BCUT2D eigenvalue weighted by Crippen LogP contribution is 2.26. The van der Waals surface area contributed by atoms with Crippen molar-refractivity contribution in [2.45, 2.75) is 32.7 Å². The molecule has 0 saturated carbocycles. The molecular weight excluding hydrogens is 290 g/mol. The van der Waals surface area contributed by atoms with Gasteiger partial charge in [0.1, 0.15) is 0 Å². The van der Waals surface area contributed by atoms with E-state index in [4.69, 9.17) is 0 Å². The number of aryl methyl sites for hydroxylation is 1. The van der Waals surface area contributed by atoms with Crippen molar-refractivity contribution in [1.29, 1.82) is 0 Å². The standard InChI is InChI=1S/C18H25N3O2/c1-3-14-5-7-15(8-6-14)21-17(22)13-16(18(21)23)20-11-9-19(4-2)10-12-20/h5-8,16H,3-4,9-13H2,1-2H3/t16-/m0/s1. The first-order valence-corrected chi connectivity index (χ1v) is 8.56. The third kappa shape index (κ3) is 3.16. The minimum absolute atomic E-state index is 0.0656. The number of carbonyl (C=O) groups excluding carboxylic acids is 2. The quantitative estimate of drug-likeness (QED) is 0.790. The van der Waals surface area contributed by atoms with E-state index in [1.165, 1.54) is 10.5 Å². The van der Waals surface area contributed by atoms with Gasteiger partial charge < -0.3 is 4.90 Å². The first-order chi connectivity index (χ1) is 11.1. The Hall–Kier alpha value is -1.72. The van der Waals surface area contributed by atoms with Gasteiger partial charge in [-0.3, -0.25) is 14.5 Å². The number of carbonyl (C=O) groups is 2. The number of hydrogen-bond acceptors (Lipinski definition) is 4. The largest absolute Gasteiger partial charge is 0.301 e. The summed E-state index contributed by atoms with van der Waals surface area (Å²) in [5, 5.41) is 0. The summed E-state index contributed by atoms with van der Waals surface area (Å²) in [5.41, 5.74) is 1.91. The van der Waals surface area contributed by atoms with Gasteiger partial charge in [-0.1, -0.05) is 26.0 Å². The fourth-order valence-corrected chi connectivity index (χ4v) is 3.44. The number of piperazine rings is 1. The van der Waals surface area contributed by atoms with Crippen LogP contribution in [0, 0.1) is 0 Å².